The van der Waals surface area contributed by atoms with E-state index in [1.807, 2.05) is 30.3 Å². The molecular weight excluding hydrogens is 368 g/mol. The van der Waals surface area contributed by atoms with Gasteiger partial charge in [0.2, 0.25) is 10.0 Å². The number of carbonyl (C=O) groups is 1. The van der Waals surface area contributed by atoms with Crippen molar-refractivity contribution in [2.45, 2.75) is 4.90 Å². The van der Waals surface area contributed by atoms with E-state index in [2.05, 4.69) is 10.0 Å². The van der Waals surface area contributed by atoms with E-state index in [0.29, 0.717) is 12.1 Å². The quantitative estimate of drug-likeness (QED) is 0.567. The zero-order valence-electron chi connectivity index (χ0n) is 13.0. The average molecular weight is 385 g/mol. The third kappa shape index (κ3) is 6.07. The molecule has 0 fully saturated rings. The first-order valence-electron chi connectivity index (χ1n) is 7.08. The number of hydrogen-bond acceptors (Lipinski definition) is 4. The molecule has 24 heavy (non-hydrogen) atoms. The average Bonchev–Trinajstić information content (AvgIpc) is 2.53. The number of halogens is 1. The first-order valence-corrected chi connectivity index (χ1v) is 10.3. The lowest BCUT2D eigenvalue weighted by atomic mass is 10.2. The van der Waals surface area contributed by atoms with Crippen LogP contribution < -0.4 is 10.0 Å². The number of amides is 1. The number of rotatable bonds is 7. The fourth-order valence-corrected chi connectivity index (χ4v) is 3.54. The fourth-order valence-electron chi connectivity index (χ4n) is 1.89. The van der Waals surface area contributed by atoms with Crippen LogP contribution in [0.5, 0.6) is 0 Å². The van der Waals surface area contributed by atoms with Gasteiger partial charge in [-0.2, -0.15) is 0 Å². The van der Waals surface area contributed by atoms with E-state index in [4.69, 9.17) is 11.6 Å². The smallest absolute Gasteiger partial charge is 0.251 e. The van der Waals surface area contributed by atoms with Crippen molar-refractivity contribution in [1.29, 1.82) is 0 Å². The van der Waals surface area contributed by atoms with E-state index < -0.39 is 10.0 Å². The summed E-state index contributed by atoms with van der Waals surface area (Å²) in [5.74, 6) is 0.494. The summed E-state index contributed by atoms with van der Waals surface area (Å²) in [5.41, 5.74) is 0.624. The standard InChI is InChI=1S/C16H17ClN2O3S2/c1-24(21,22)19-15-8-7-12(11-14(15)17)16(20)18-9-10-23-13-5-3-2-4-6-13/h2-8,11,19H,9-10H2,1H3,(H,18,20). The Morgan fingerprint density at radius 2 is 1.88 bits per heavy atom. The van der Waals surface area contributed by atoms with Gasteiger partial charge in [0, 0.05) is 22.8 Å². The Balaban J connectivity index is 1.87. The van der Waals surface area contributed by atoms with Gasteiger partial charge in [-0.3, -0.25) is 9.52 Å². The van der Waals surface area contributed by atoms with Crippen molar-refractivity contribution in [2.75, 3.05) is 23.3 Å². The molecule has 0 radical (unpaired) electrons. The van der Waals surface area contributed by atoms with Crippen LogP contribution in [0.1, 0.15) is 10.4 Å². The van der Waals surface area contributed by atoms with Gasteiger partial charge in [-0.25, -0.2) is 8.42 Å². The summed E-state index contributed by atoms with van der Waals surface area (Å²) in [4.78, 5) is 13.2. The molecule has 1 amide bonds. The molecule has 5 nitrogen and oxygen atoms in total. The first-order chi connectivity index (χ1) is 11.3. The Labute approximate surface area is 150 Å². The van der Waals surface area contributed by atoms with Crippen molar-refractivity contribution < 1.29 is 13.2 Å². The number of carbonyl (C=O) groups excluding carboxylic acids is 1. The van der Waals surface area contributed by atoms with Crippen molar-refractivity contribution in [1.82, 2.24) is 5.32 Å². The molecule has 2 aromatic rings. The molecule has 2 rings (SSSR count). The third-order valence-corrected chi connectivity index (χ3v) is 4.84. The Kier molecular flexibility index (Phi) is 6.53. The lowest BCUT2D eigenvalue weighted by Gasteiger charge is -2.09. The molecule has 0 saturated carbocycles. The zero-order valence-corrected chi connectivity index (χ0v) is 15.3. The molecule has 0 spiro atoms. The predicted molar refractivity (Wildman–Crippen MR) is 99.4 cm³/mol. The van der Waals surface area contributed by atoms with Crippen LogP contribution in [0, 0.1) is 0 Å². The Morgan fingerprint density at radius 3 is 2.50 bits per heavy atom. The highest BCUT2D eigenvalue weighted by atomic mass is 35.5. The molecule has 0 aromatic heterocycles. The topological polar surface area (TPSA) is 75.3 Å². The number of nitrogens with one attached hydrogen (secondary N) is 2. The lowest BCUT2D eigenvalue weighted by molar-refractivity contribution is 0.0956. The summed E-state index contributed by atoms with van der Waals surface area (Å²) in [6, 6.07) is 14.4. The fraction of sp³-hybridized carbons (Fsp3) is 0.188. The minimum absolute atomic E-state index is 0.173. The van der Waals surface area contributed by atoms with Gasteiger partial charge >= 0.3 is 0 Å². The van der Waals surface area contributed by atoms with Crippen LogP contribution in [-0.4, -0.2) is 32.9 Å². The van der Waals surface area contributed by atoms with E-state index in [9.17, 15) is 13.2 Å². The van der Waals surface area contributed by atoms with Crippen LogP contribution in [0.25, 0.3) is 0 Å². The maximum absolute atomic E-state index is 12.1. The van der Waals surface area contributed by atoms with Crippen molar-refractivity contribution in [3.05, 3.63) is 59.1 Å². The molecule has 0 aliphatic rings. The van der Waals surface area contributed by atoms with Gasteiger partial charge < -0.3 is 5.32 Å². The maximum Gasteiger partial charge on any atom is 0.251 e. The molecule has 0 aliphatic carbocycles. The summed E-state index contributed by atoms with van der Waals surface area (Å²) in [5, 5.41) is 2.98. The maximum atomic E-state index is 12.1. The van der Waals surface area contributed by atoms with Gasteiger partial charge in [-0.1, -0.05) is 29.8 Å². The van der Waals surface area contributed by atoms with Crippen LogP contribution in [0.2, 0.25) is 5.02 Å². The van der Waals surface area contributed by atoms with E-state index in [1.54, 1.807) is 11.8 Å². The first kappa shape index (κ1) is 18.6. The highest BCUT2D eigenvalue weighted by molar-refractivity contribution is 7.99. The molecule has 8 heteroatoms. The number of benzene rings is 2. The monoisotopic (exact) mass is 384 g/mol. The van der Waals surface area contributed by atoms with E-state index in [0.717, 1.165) is 16.9 Å². The van der Waals surface area contributed by atoms with E-state index in [1.165, 1.54) is 18.2 Å². The summed E-state index contributed by atoms with van der Waals surface area (Å²) in [6.45, 7) is 0.513. The van der Waals surface area contributed by atoms with Gasteiger partial charge in [-0.15, -0.1) is 11.8 Å². The second-order valence-corrected chi connectivity index (χ2v) is 8.31. The zero-order chi connectivity index (χ0) is 17.6. The minimum atomic E-state index is -3.41. The molecule has 0 bridgehead atoms. The highest BCUT2D eigenvalue weighted by Gasteiger charge is 2.10. The Bertz CT molecular complexity index is 811. The molecule has 2 N–H and O–H groups in total. The van der Waals surface area contributed by atoms with Crippen molar-refractivity contribution in [3.8, 4) is 0 Å². The molecule has 0 heterocycles. The third-order valence-electron chi connectivity index (χ3n) is 2.93. The van der Waals surface area contributed by atoms with Crippen LogP contribution in [-0.2, 0) is 10.0 Å². The van der Waals surface area contributed by atoms with Gasteiger partial charge in [0.1, 0.15) is 0 Å². The number of sulfonamides is 1. The highest BCUT2D eigenvalue weighted by Crippen LogP contribution is 2.24. The molecular formula is C16H17ClN2O3S2. The SMILES string of the molecule is CS(=O)(=O)Nc1ccc(C(=O)NCCSc2ccccc2)cc1Cl. The molecule has 0 atom stereocenters. The van der Waals surface area contributed by atoms with Crippen LogP contribution in [0.4, 0.5) is 5.69 Å². The largest absolute Gasteiger partial charge is 0.351 e. The van der Waals surface area contributed by atoms with Crippen molar-refractivity contribution in [3.63, 3.8) is 0 Å². The Morgan fingerprint density at radius 1 is 1.17 bits per heavy atom. The summed E-state index contributed by atoms with van der Waals surface area (Å²) in [6.07, 6.45) is 1.04. The van der Waals surface area contributed by atoms with Gasteiger partial charge in [0.05, 0.1) is 17.0 Å². The summed E-state index contributed by atoms with van der Waals surface area (Å²) >= 11 is 7.66. The van der Waals surface area contributed by atoms with E-state index in [-0.39, 0.29) is 16.6 Å². The summed E-state index contributed by atoms with van der Waals surface area (Å²) in [7, 11) is -3.41. The molecule has 0 saturated heterocycles. The van der Waals surface area contributed by atoms with Crippen LogP contribution in [0.3, 0.4) is 0 Å². The summed E-state index contributed by atoms with van der Waals surface area (Å²) < 4.78 is 24.7. The van der Waals surface area contributed by atoms with Gasteiger partial charge in [0.15, 0.2) is 0 Å². The number of thioether (sulfide) groups is 1. The second-order valence-electron chi connectivity index (χ2n) is 4.99. The van der Waals surface area contributed by atoms with Crippen molar-refractivity contribution in [2.24, 2.45) is 0 Å². The normalized spacial score (nSPS) is 11.1. The molecule has 128 valence electrons. The predicted octanol–water partition coefficient (Wildman–Crippen LogP) is 3.23. The van der Waals surface area contributed by atoms with E-state index >= 15 is 0 Å². The van der Waals surface area contributed by atoms with Crippen LogP contribution >= 0.6 is 23.4 Å². The minimum Gasteiger partial charge on any atom is -0.351 e. The Hall–Kier alpha value is -1.70. The number of hydrogen-bond donors (Lipinski definition) is 2. The van der Waals surface area contributed by atoms with Gasteiger partial charge in [0.25, 0.3) is 5.91 Å². The molecule has 2 aromatic carbocycles. The van der Waals surface area contributed by atoms with Crippen LogP contribution in [0.15, 0.2) is 53.4 Å². The number of anilines is 1. The lowest BCUT2D eigenvalue weighted by Crippen LogP contribution is -2.25. The van der Waals surface area contributed by atoms with Crippen molar-refractivity contribution >= 4 is 45.0 Å². The molecule has 0 unspecified atom stereocenters. The van der Waals surface area contributed by atoms with Gasteiger partial charge in [-0.05, 0) is 30.3 Å². The molecule has 0 aliphatic heterocycles. The second kappa shape index (κ2) is 8.41.